The largest absolute Gasteiger partial charge is 0.493 e. The number of carbonyl (C=O) groups is 2. The number of hydrogen-bond donors (Lipinski definition) is 0. The Morgan fingerprint density at radius 2 is 1.35 bits per heavy atom. The second-order valence-corrected chi connectivity index (χ2v) is 14.6. The number of methoxy groups -OCH3 is 1. The van der Waals surface area contributed by atoms with E-state index in [1.165, 1.54) is 0 Å². The van der Waals surface area contributed by atoms with Crippen LogP contribution >= 0.6 is 0 Å². The molecule has 5 heteroatoms. The van der Waals surface area contributed by atoms with Gasteiger partial charge < -0.3 is 14.4 Å². The van der Waals surface area contributed by atoms with Crippen molar-refractivity contribution in [2.45, 2.75) is 78.9 Å². The summed E-state index contributed by atoms with van der Waals surface area (Å²) in [5, 5.41) is 0. The third-order valence-corrected chi connectivity index (χ3v) is 9.50. The molecule has 0 N–H and O–H groups in total. The summed E-state index contributed by atoms with van der Waals surface area (Å²) in [6.45, 7) is 13.7. The van der Waals surface area contributed by atoms with Crippen LogP contribution in [-0.2, 0) is 29.2 Å². The maximum Gasteiger partial charge on any atom is 0.165 e. The topological polar surface area (TPSA) is 55.8 Å². The second-order valence-electron chi connectivity index (χ2n) is 14.6. The summed E-state index contributed by atoms with van der Waals surface area (Å²) in [6.07, 6.45) is 4.82. The number of benzene rings is 3. The lowest BCUT2D eigenvalue weighted by atomic mass is 9.63. The van der Waals surface area contributed by atoms with E-state index in [9.17, 15) is 9.59 Å². The van der Waals surface area contributed by atoms with Gasteiger partial charge in [-0.1, -0.05) is 101 Å². The molecule has 0 bridgehead atoms. The van der Waals surface area contributed by atoms with Crippen molar-refractivity contribution < 1.29 is 19.1 Å². The van der Waals surface area contributed by atoms with Gasteiger partial charge in [0, 0.05) is 53.4 Å². The van der Waals surface area contributed by atoms with Gasteiger partial charge in [0.2, 0.25) is 0 Å². The Bertz CT molecular complexity index is 1670. The molecule has 3 aromatic rings. The molecule has 5 nitrogen and oxygen atoms in total. The van der Waals surface area contributed by atoms with Crippen LogP contribution in [0.25, 0.3) is 0 Å². The van der Waals surface area contributed by atoms with Crippen molar-refractivity contribution in [3.05, 3.63) is 130 Å². The molecule has 0 saturated carbocycles. The van der Waals surface area contributed by atoms with Gasteiger partial charge in [0.1, 0.15) is 6.61 Å². The summed E-state index contributed by atoms with van der Waals surface area (Å²) in [7, 11) is 1.65. The minimum Gasteiger partial charge on any atom is -0.493 e. The molecule has 0 fully saturated rings. The molecular weight excluding hydrogens is 570 g/mol. The van der Waals surface area contributed by atoms with Gasteiger partial charge in [-0.25, -0.2) is 0 Å². The lowest BCUT2D eigenvalue weighted by molar-refractivity contribution is -0.119. The molecule has 46 heavy (non-hydrogen) atoms. The first-order valence-corrected chi connectivity index (χ1v) is 16.3. The predicted molar refractivity (Wildman–Crippen MR) is 182 cm³/mol. The summed E-state index contributed by atoms with van der Waals surface area (Å²) in [6, 6.07) is 24.5. The second kappa shape index (κ2) is 12.4. The zero-order valence-electron chi connectivity index (χ0n) is 27.8. The summed E-state index contributed by atoms with van der Waals surface area (Å²) >= 11 is 0. The highest BCUT2D eigenvalue weighted by Crippen LogP contribution is 2.55. The molecule has 0 radical (unpaired) electrons. The zero-order chi connectivity index (χ0) is 32.6. The van der Waals surface area contributed by atoms with Crippen molar-refractivity contribution in [1.29, 1.82) is 0 Å². The van der Waals surface area contributed by atoms with Crippen molar-refractivity contribution in [3.63, 3.8) is 0 Å². The van der Waals surface area contributed by atoms with E-state index in [-0.39, 0.29) is 22.4 Å². The standard InChI is InChI=1S/C41H45NO4/c1-7-14-29-19-30(20-35(45-6)39(29)46-26-28-17-12-9-13-18-28)36-37-31(21-40(2,3)23-33(37)43)42(25-27-15-10-8-11-16-27)32-22-41(4,5)24-34(44)38(32)36/h7-13,15-20,36H,1,14,21-26H2,2-6H3. The van der Waals surface area contributed by atoms with Crippen LogP contribution in [0.1, 0.15) is 81.5 Å². The van der Waals surface area contributed by atoms with Gasteiger partial charge in [-0.2, -0.15) is 0 Å². The highest BCUT2D eigenvalue weighted by atomic mass is 16.5. The fourth-order valence-electron chi connectivity index (χ4n) is 7.54. The van der Waals surface area contributed by atoms with Gasteiger partial charge in [0.05, 0.1) is 7.11 Å². The molecule has 238 valence electrons. The highest BCUT2D eigenvalue weighted by molar-refractivity contribution is 6.06. The Hall–Kier alpha value is -4.38. The van der Waals surface area contributed by atoms with Crippen molar-refractivity contribution >= 4 is 11.6 Å². The molecule has 0 saturated heterocycles. The summed E-state index contributed by atoms with van der Waals surface area (Å²) < 4.78 is 12.4. The zero-order valence-corrected chi connectivity index (χ0v) is 27.8. The SMILES string of the molecule is C=CCc1cc(C2C3=C(CC(C)(C)CC3=O)N(Cc3ccccc3)C3=C2C(=O)CC(C)(C)C3)cc(OC)c1OCc1ccccc1. The van der Waals surface area contributed by atoms with Gasteiger partial charge in [-0.05, 0) is 52.8 Å². The normalized spacial score (nSPS) is 19.1. The van der Waals surface area contributed by atoms with Crippen LogP contribution in [0.4, 0.5) is 0 Å². The average Bonchev–Trinajstić information content (AvgIpc) is 3.00. The monoisotopic (exact) mass is 615 g/mol. The van der Waals surface area contributed by atoms with E-state index in [4.69, 9.17) is 9.47 Å². The van der Waals surface area contributed by atoms with Crippen LogP contribution < -0.4 is 9.47 Å². The van der Waals surface area contributed by atoms with E-state index >= 15 is 0 Å². The smallest absolute Gasteiger partial charge is 0.165 e. The Morgan fingerprint density at radius 1 is 0.804 bits per heavy atom. The molecule has 0 aromatic heterocycles. The maximum absolute atomic E-state index is 14.3. The lowest BCUT2D eigenvalue weighted by Gasteiger charge is -2.49. The number of Topliss-reactive ketones (excluding diaryl/α,β-unsaturated/α-hetero) is 2. The molecule has 0 amide bonds. The van der Waals surface area contributed by atoms with E-state index < -0.39 is 5.92 Å². The van der Waals surface area contributed by atoms with E-state index in [1.54, 1.807) is 7.11 Å². The first-order valence-electron chi connectivity index (χ1n) is 16.3. The molecular formula is C41H45NO4. The molecule has 3 aliphatic rings. The van der Waals surface area contributed by atoms with E-state index in [0.717, 1.165) is 57.6 Å². The average molecular weight is 616 g/mol. The van der Waals surface area contributed by atoms with Gasteiger partial charge in [-0.15, -0.1) is 6.58 Å². The lowest BCUT2D eigenvalue weighted by Crippen LogP contribution is -2.44. The number of rotatable bonds is 9. The molecule has 1 aliphatic heterocycles. The molecule has 6 rings (SSSR count). The van der Waals surface area contributed by atoms with E-state index in [2.05, 4.69) is 57.4 Å². The molecule has 1 heterocycles. The Morgan fingerprint density at radius 3 is 1.87 bits per heavy atom. The first-order chi connectivity index (χ1) is 22.0. The summed E-state index contributed by atoms with van der Waals surface area (Å²) in [4.78, 5) is 31.0. The Labute approximate surface area is 273 Å². The number of ether oxygens (including phenoxy) is 2. The van der Waals surface area contributed by atoms with Crippen LogP contribution in [0, 0.1) is 10.8 Å². The van der Waals surface area contributed by atoms with E-state index in [1.807, 2.05) is 60.7 Å². The minimum atomic E-state index is -0.468. The summed E-state index contributed by atoms with van der Waals surface area (Å²) in [5.74, 6) is 1.02. The van der Waals surface area contributed by atoms with Gasteiger partial charge in [-0.3, -0.25) is 9.59 Å². The number of nitrogens with zero attached hydrogens (tertiary/aromatic N) is 1. The molecule has 3 aromatic carbocycles. The number of allylic oxidation sites excluding steroid dienone is 5. The van der Waals surface area contributed by atoms with Gasteiger partial charge in [0.25, 0.3) is 0 Å². The Kier molecular flexibility index (Phi) is 8.54. The first kappa shape index (κ1) is 31.6. The van der Waals surface area contributed by atoms with Crippen LogP contribution in [0.3, 0.4) is 0 Å². The van der Waals surface area contributed by atoms with Crippen LogP contribution in [0.2, 0.25) is 0 Å². The third-order valence-electron chi connectivity index (χ3n) is 9.50. The molecule has 2 aliphatic carbocycles. The minimum absolute atomic E-state index is 0.118. The van der Waals surface area contributed by atoms with E-state index in [0.29, 0.717) is 43.9 Å². The summed E-state index contributed by atoms with van der Waals surface area (Å²) in [5.41, 5.74) is 7.25. The van der Waals surface area contributed by atoms with Crippen molar-refractivity contribution in [3.8, 4) is 11.5 Å². The number of hydrogen-bond acceptors (Lipinski definition) is 5. The number of ketones is 2. The van der Waals surface area contributed by atoms with Crippen LogP contribution in [0.15, 0.2) is 108 Å². The third kappa shape index (κ3) is 6.20. The van der Waals surface area contributed by atoms with Gasteiger partial charge >= 0.3 is 0 Å². The fraction of sp³-hybridized carbons (Fsp3) is 0.366. The molecule has 0 spiro atoms. The molecule has 0 unspecified atom stereocenters. The van der Waals surface area contributed by atoms with Crippen molar-refractivity contribution in [1.82, 2.24) is 4.90 Å². The fourth-order valence-corrected chi connectivity index (χ4v) is 7.54. The van der Waals surface area contributed by atoms with Crippen LogP contribution in [-0.4, -0.2) is 23.6 Å². The molecule has 0 atom stereocenters. The van der Waals surface area contributed by atoms with Crippen LogP contribution in [0.5, 0.6) is 11.5 Å². The Balaban J connectivity index is 1.55. The number of carbonyl (C=O) groups excluding carboxylic acids is 2. The quantitative estimate of drug-likeness (QED) is 0.225. The van der Waals surface area contributed by atoms with Gasteiger partial charge in [0.15, 0.2) is 23.1 Å². The highest BCUT2D eigenvalue weighted by Gasteiger charge is 2.49. The van der Waals surface area contributed by atoms with Crippen molar-refractivity contribution in [2.75, 3.05) is 7.11 Å². The maximum atomic E-state index is 14.3. The predicted octanol–water partition coefficient (Wildman–Crippen LogP) is 8.89. The van der Waals surface area contributed by atoms with Crippen molar-refractivity contribution in [2.24, 2.45) is 10.8 Å².